The van der Waals surface area contributed by atoms with Crippen molar-refractivity contribution < 1.29 is 22.9 Å². The number of carbonyl (C=O) groups is 2. The second-order valence-electron chi connectivity index (χ2n) is 9.61. The minimum Gasteiger partial charge on any atom is -0.352 e. The topological polar surface area (TPSA) is 130 Å². The molecule has 1 N–H and O–H groups in total. The smallest absolute Gasteiger partial charge is 0.271 e. The number of hydrogen-bond donors (Lipinski definition) is 1. The molecule has 10 nitrogen and oxygen atoms in total. The van der Waals surface area contributed by atoms with Gasteiger partial charge in [0.05, 0.1) is 15.5 Å². The molecule has 0 saturated carbocycles. The first-order valence-electron chi connectivity index (χ1n) is 12.9. The van der Waals surface area contributed by atoms with Gasteiger partial charge >= 0.3 is 0 Å². The zero-order valence-corrected chi connectivity index (χ0v) is 23.8. The molecule has 0 aliphatic carbocycles. The van der Waals surface area contributed by atoms with Crippen LogP contribution in [0, 0.1) is 17.0 Å². The van der Waals surface area contributed by atoms with Gasteiger partial charge in [-0.1, -0.05) is 61.0 Å². The van der Waals surface area contributed by atoms with E-state index in [9.17, 15) is 28.1 Å². The molecule has 0 aliphatic rings. The Balaban J connectivity index is 2.06. The highest BCUT2D eigenvalue weighted by molar-refractivity contribution is 7.92. The fourth-order valence-electron chi connectivity index (χ4n) is 4.07. The maximum Gasteiger partial charge on any atom is 0.271 e. The highest BCUT2D eigenvalue weighted by Gasteiger charge is 2.33. The lowest BCUT2D eigenvalue weighted by Crippen LogP contribution is -2.52. The Kier molecular flexibility index (Phi) is 10.0. The summed E-state index contributed by atoms with van der Waals surface area (Å²) in [7, 11) is -4.31. The number of carbonyl (C=O) groups excluding carboxylic acids is 2. The lowest BCUT2D eigenvalue weighted by atomic mass is 10.1. The predicted octanol–water partition coefficient (Wildman–Crippen LogP) is 4.43. The summed E-state index contributed by atoms with van der Waals surface area (Å²) in [5, 5.41) is 14.3. The number of anilines is 1. The Morgan fingerprint density at radius 1 is 0.975 bits per heavy atom. The number of nitro groups is 1. The summed E-state index contributed by atoms with van der Waals surface area (Å²) in [6.45, 7) is 6.67. The lowest BCUT2D eigenvalue weighted by molar-refractivity contribution is -0.384. The molecule has 212 valence electrons. The van der Waals surface area contributed by atoms with Crippen molar-refractivity contribution in [1.82, 2.24) is 10.2 Å². The number of aryl methyl sites for hydroxylation is 1. The van der Waals surface area contributed by atoms with Crippen LogP contribution in [0.1, 0.15) is 38.3 Å². The molecule has 3 aromatic rings. The predicted molar refractivity (Wildman–Crippen MR) is 153 cm³/mol. The van der Waals surface area contributed by atoms with E-state index in [1.54, 1.807) is 25.1 Å². The van der Waals surface area contributed by atoms with Gasteiger partial charge in [-0.25, -0.2) is 8.42 Å². The second kappa shape index (κ2) is 13.2. The van der Waals surface area contributed by atoms with Crippen molar-refractivity contribution in [1.29, 1.82) is 0 Å². The molecule has 0 aliphatic heterocycles. The van der Waals surface area contributed by atoms with Gasteiger partial charge in [-0.2, -0.15) is 0 Å². The summed E-state index contributed by atoms with van der Waals surface area (Å²) in [5.74, 6) is -1.01. The Labute approximate surface area is 234 Å². The van der Waals surface area contributed by atoms with E-state index in [0.29, 0.717) is 6.42 Å². The van der Waals surface area contributed by atoms with E-state index in [1.807, 2.05) is 45.0 Å². The Morgan fingerprint density at radius 2 is 1.65 bits per heavy atom. The number of amides is 2. The molecule has 11 heteroatoms. The molecule has 0 fully saturated rings. The van der Waals surface area contributed by atoms with E-state index in [2.05, 4.69) is 5.32 Å². The van der Waals surface area contributed by atoms with Crippen molar-refractivity contribution in [2.45, 2.75) is 57.6 Å². The number of non-ortho nitro benzene ring substituents is 1. The maximum absolute atomic E-state index is 13.9. The molecule has 2 atom stereocenters. The van der Waals surface area contributed by atoms with E-state index in [1.165, 1.54) is 35.2 Å². The third kappa shape index (κ3) is 7.44. The van der Waals surface area contributed by atoms with Crippen molar-refractivity contribution in [3.63, 3.8) is 0 Å². The number of nitrogens with zero attached hydrogens (tertiary/aromatic N) is 3. The number of benzene rings is 3. The molecular weight excluding hydrogens is 532 g/mol. The minimum atomic E-state index is -4.31. The fourth-order valence-corrected chi connectivity index (χ4v) is 5.49. The second-order valence-corrected chi connectivity index (χ2v) is 11.5. The molecule has 0 heterocycles. The van der Waals surface area contributed by atoms with E-state index >= 15 is 0 Å². The van der Waals surface area contributed by atoms with Crippen molar-refractivity contribution in [3.8, 4) is 0 Å². The molecule has 0 spiro atoms. The average molecular weight is 567 g/mol. The first kappa shape index (κ1) is 30.3. The van der Waals surface area contributed by atoms with Gasteiger partial charge in [0.15, 0.2) is 0 Å². The first-order chi connectivity index (χ1) is 18.9. The van der Waals surface area contributed by atoms with E-state index in [-0.39, 0.29) is 34.8 Å². The van der Waals surface area contributed by atoms with Gasteiger partial charge in [-0.05, 0) is 51.0 Å². The molecule has 0 radical (unpaired) electrons. The van der Waals surface area contributed by atoms with Crippen LogP contribution in [0.5, 0.6) is 0 Å². The Hall–Kier alpha value is -4.25. The normalized spacial score (nSPS) is 12.7. The van der Waals surface area contributed by atoms with Crippen molar-refractivity contribution in [3.05, 3.63) is 100 Å². The Bertz CT molecular complexity index is 1460. The van der Waals surface area contributed by atoms with Gasteiger partial charge < -0.3 is 10.2 Å². The number of hydrogen-bond acceptors (Lipinski definition) is 6. The van der Waals surface area contributed by atoms with Crippen LogP contribution >= 0.6 is 0 Å². The van der Waals surface area contributed by atoms with Crippen LogP contribution in [0.15, 0.2) is 83.8 Å². The number of nitro benzene ring substituents is 1. The summed E-state index contributed by atoms with van der Waals surface area (Å²) in [6.07, 6.45) is 0.695. The first-order valence-corrected chi connectivity index (χ1v) is 14.4. The third-order valence-corrected chi connectivity index (χ3v) is 8.33. The standard InChI is InChI=1S/C29H34N4O6S/c1-5-22(3)30-29(35)23(4)31(19-24-12-9-11-21(2)17-24)28(34)20-32(25-13-10-14-26(18-25)33(36)37)40(38,39)27-15-7-6-8-16-27/h6-18,22-23H,5,19-20H2,1-4H3,(H,30,35)/t22-,23-/m1/s1. The zero-order chi connectivity index (χ0) is 29.4. The van der Waals surface area contributed by atoms with E-state index < -0.39 is 33.4 Å². The van der Waals surface area contributed by atoms with Crippen LogP contribution < -0.4 is 9.62 Å². The quantitative estimate of drug-likeness (QED) is 0.255. The van der Waals surface area contributed by atoms with Crippen LogP contribution in [-0.4, -0.2) is 48.7 Å². The van der Waals surface area contributed by atoms with Crippen LogP contribution in [0.25, 0.3) is 0 Å². The minimum absolute atomic E-state index is 0.0429. The molecule has 3 aromatic carbocycles. The van der Waals surface area contributed by atoms with E-state index in [4.69, 9.17) is 0 Å². The summed E-state index contributed by atoms with van der Waals surface area (Å²) >= 11 is 0. The summed E-state index contributed by atoms with van der Waals surface area (Å²) in [5.41, 5.74) is 1.37. The van der Waals surface area contributed by atoms with Crippen molar-refractivity contribution in [2.75, 3.05) is 10.8 Å². The molecular formula is C29H34N4O6S. The SMILES string of the molecule is CC[C@@H](C)NC(=O)[C@@H](C)N(Cc1cccc(C)c1)C(=O)CN(c1cccc([N+](=O)[O-])c1)S(=O)(=O)c1ccccc1. The summed E-state index contributed by atoms with van der Waals surface area (Å²) < 4.78 is 28.4. The molecule has 40 heavy (non-hydrogen) atoms. The van der Waals surface area contributed by atoms with Gasteiger partial charge in [-0.3, -0.25) is 24.0 Å². The van der Waals surface area contributed by atoms with Crippen LogP contribution in [0.4, 0.5) is 11.4 Å². The van der Waals surface area contributed by atoms with Gasteiger partial charge in [0.25, 0.3) is 15.7 Å². The molecule has 0 saturated heterocycles. The summed E-state index contributed by atoms with van der Waals surface area (Å²) in [6, 6.07) is 19.0. The molecule has 0 aromatic heterocycles. The van der Waals surface area contributed by atoms with Gasteiger partial charge in [0.1, 0.15) is 12.6 Å². The Morgan fingerprint density at radius 3 is 2.27 bits per heavy atom. The largest absolute Gasteiger partial charge is 0.352 e. The maximum atomic E-state index is 13.9. The molecule has 0 unspecified atom stereocenters. The summed E-state index contributed by atoms with van der Waals surface area (Å²) in [4.78, 5) is 39.1. The zero-order valence-electron chi connectivity index (χ0n) is 23.0. The van der Waals surface area contributed by atoms with Crippen molar-refractivity contribution >= 4 is 33.2 Å². The molecule has 3 rings (SSSR count). The number of rotatable bonds is 12. The van der Waals surface area contributed by atoms with Crippen LogP contribution in [-0.2, 0) is 26.2 Å². The van der Waals surface area contributed by atoms with Gasteiger partial charge in [0, 0.05) is 24.7 Å². The molecule has 0 bridgehead atoms. The molecule has 2 amide bonds. The third-order valence-electron chi connectivity index (χ3n) is 6.54. The van der Waals surface area contributed by atoms with Gasteiger partial charge in [0.2, 0.25) is 11.8 Å². The highest BCUT2D eigenvalue weighted by Crippen LogP contribution is 2.27. The lowest BCUT2D eigenvalue weighted by Gasteiger charge is -2.32. The number of nitrogens with one attached hydrogen (secondary N) is 1. The van der Waals surface area contributed by atoms with Crippen LogP contribution in [0.2, 0.25) is 0 Å². The van der Waals surface area contributed by atoms with Crippen LogP contribution in [0.3, 0.4) is 0 Å². The van der Waals surface area contributed by atoms with E-state index in [0.717, 1.165) is 21.5 Å². The number of sulfonamides is 1. The highest BCUT2D eigenvalue weighted by atomic mass is 32.2. The fraction of sp³-hybridized carbons (Fsp3) is 0.310. The average Bonchev–Trinajstić information content (AvgIpc) is 2.94. The monoisotopic (exact) mass is 566 g/mol. The van der Waals surface area contributed by atoms with Crippen molar-refractivity contribution in [2.24, 2.45) is 0 Å². The van der Waals surface area contributed by atoms with Gasteiger partial charge in [-0.15, -0.1) is 0 Å².